The third-order valence-corrected chi connectivity index (χ3v) is 3.62. The Hall–Kier alpha value is -0.390. The normalized spacial score (nSPS) is 14.8. The maximum absolute atomic E-state index is 10.8. The number of hydrogen-bond donors (Lipinski definition) is 1. The number of aromatic carboxylic acids is 1. The Morgan fingerprint density at radius 1 is 1.58 bits per heavy atom. The van der Waals surface area contributed by atoms with E-state index in [0.29, 0.717) is 22.6 Å². The van der Waals surface area contributed by atoms with Crippen molar-refractivity contribution in [2.75, 3.05) is 0 Å². The Labute approximate surface area is 81.1 Å². The molecule has 1 N–H and O–H groups in total. The van der Waals surface area contributed by atoms with E-state index in [0.717, 1.165) is 10.4 Å². The predicted octanol–water partition coefficient (Wildman–Crippen LogP) is 2.24. The minimum Gasteiger partial charge on any atom is -0.478 e. The molecule has 64 valence electrons. The van der Waals surface area contributed by atoms with E-state index in [1.165, 1.54) is 11.3 Å². The largest absolute Gasteiger partial charge is 0.478 e. The van der Waals surface area contributed by atoms with Crippen LogP contribution < -0.4 is 0 Å². The third-order valence-electron chi connectivity index (χ3n) is 1.74. The van der Waals surface area contributed by atoms with Crippen LogP contribution in [0.2, 0.25) is 0 Å². The van der Waals surface area contributed by atoms with Crippen molar-refractivity contribution in [2.45, 2.75) is 13.2 Å². The van der Waals surface area contributed by atoms with Crippen LogP contribution in [0.15, 0.2) is 3.79 Å². The molecule has 0 atom stereocenters. The second-order valence-electron chi connectivity index (χ2n) is 2.45. The predicted molar refractivity (Wildman–Crippen MR) is 47.5 cm³/mol. The van der Waals surface area contributed by atoms with Crippen LogP contribution >= 0.6 is 27.3 Å². The van der Waals surface area contributed by atoms with Gasteiger partial charge in [0.1, 0.15) is 0 Å². The summed E-state index contributed by atoms with van der Waals surface area (Å²) >= 11 is 4.67. The van der Waals surface area contributed by atoms with E-state index < -0.39 is 5.97 Å². The van der Waals surface area contributed by atoms with E-state index in [1.807, 2.05) is 0 Å². The lowest BCUT2D eigenvalue weighted by Crippen LogP contribution is -1.98. The Morgan fingerprint density at radius 3 is 3.00 bits per heavy atom. The van der Waals surface area contributed by atoms with E-state index >= 15 is 0 Å². The summed E-state index contributed by atoms with van der Waals surface area (Å²) in [4.78, 5) is 11.8. The molecule has 0 aliphatic carbocycles. The number of fused-ring (bicyclic) bond motifs is 1. The first-order valence-electron chi connectivity index (χ1n) is 3.31. The number of hydrogen-bond acceptors (Lipinski definition) is 3. The molecule has 3 nitrogen and oxygen atoms in total. The van der Waals surface area contributed by atoms with Gasteiger partial charge >= 0.3 is 5.97 Å². The summed E-state index contributed by atoms with van der Waals surface area (Å²) in [5.41, 5.74) is 1.20. The number of rotatable bonds is 1. The van der Waals surface area contributed by atoms with Gasteiger partial charge in [-0.1, -0.05) is 0 Å². The van der Waals surface area contributed by atoms with Crippen LogP contribution in [0.4, 0.5) is 0 Å². The lowest BCUT2D eigenvalue weighted by molar-refractivity contribution is 0.0691. The molecule has 0 fully saturated rings. The lowest BCUT2D eigenvalue weighted by atomic mass is 10.2. The number of carbonyl (C=O) groups is 1. The molecule has 12 heavy (non-hydrogen) atoms. The van der Waals surface area contributed by atoms with Gasteiger partial charge in [-0.2, -0.15) is 0 Å². The zero-order valence-electron chi connectivity index (χ0n) is 5.96. The van der Waals surface area contributed by atoms with Crippen molar-refractivity contribution in [3.8, 4) is 0 Å². The molecule has 1 aliphatic rings. The SMILES string of the molecule is O=C(O)c1c(Br)sc2c1COC2. The molecule has 0 unspecified atom stereocenters. The summed E-state index contributed by atoms with van der Waals surface area (Å²) in [7, 11) is 0. The minimum atomic E-state index is -0.884. The van der Waals surface area contributed by atoms with Crippen LogP contribution in [0.3, 0.4) is 0 Å². The van der Waals surface area contributed by atoms with Gasteiger partial charge < -0.3 is 9.84 Å². The monoisotopic (exact) mass is 248 g/mol. The van der Waals surface area contributed by atoms with E-state index in [4.69, 9.17) is 9.84 Å². The van der Waals surface area contributed by atoms with Gasteiger partial charge in [0, 0.05) is 10.4 Å². The van der Waals surface area contributed by atoms with Crippen molar-refractivity contribution in [3.05, 3.63) is 19.8 Å². The molecule has 0 bridgehead atoms. The van der Waals surface area contributed by atoms with Gasteiger partial charge in [0.05, 0.1) is 22.6 Å². The lowest BCUT2D eigenvalue weighted by Gasteiger charge is -1.93. The summed E-state index contributed by atoms with van der Waals surface area (Å²) in [5, 5.41) is 8.84. The van der Waals surface area contributed by atoms with Crippen LogP contribution in [-0.4, -0.2) is 11.1 Å². The fourth-order valence-corrected chi connectivity index (χ4v) is 3.16. The highest BCUT2D eigenvalue weighted by Crippen LogP contribution is 2.37. The topological polar surface area (TPSA) is 46.5 Å². The third kappa shape index (κ3) is 1.09. The van der Waals surface area contributed by atoms with Gasteiger partial charge in [-0.05, 0) is 15.9 Å². The average molecular weight is 249 g/mol. The van der Waals surface area contributed by atoms with E-state index in [9.17, 15) is 4.79 Å². The summed E-state index contributed by atoms with van der Waals surface area (Å²) < 4.78 is 5.82. The molecule has 1 aliphatic heterocycles. The maximum atomic E-state index is 10.8. The van der Waals surface area contributed by atoms with Crippen molar-refractivity contribution in [3.63, 3.8) is 0 Å². The van der Waals surface area contributed by atoms with Gasteiger partial charge in [0.15, 0.2) is 0 Å². The van der Waals surface area contributed by atoms with Crippen LogP contribution in [-0.2, 0) is 18.0 Å². The molecular weight excluding hydrogens is 244 g/mol. The van der Waals surface area contributed by atoms with Crippen LogP contribution in [0.25, 0.3) is 0 Å². The second kappa shape index (κ2) is 2.83. The van der Waals surface area contributed by atoms with Gasteiger partial charge in [-0.15, -0.1) is 11.3 Å². The number of halogens is 1. The summed E-state index contributed by atoms with van der Waals surface area (Å²) in [5.74, 6) is -0.884. The highest BCUT2D eigenvalue weighted by molar-refractivity contribution is 9.11. The van der Waals surface area contributed by atoms with Gasteiger partial charge in [-0.3, -0.25) is 0 Å². The first-order chi connectivity index (χ1) is 5.70. The molecule has 2 rings (SSSR count). The van der Waals surface area contributed by atoms with Gasteiger partial charge in [-0.25, -0.2) is 4.79 Å². The quantitative estimate of drug-likeness (QED) is 0.830. The molecule has 0 spiro atoms. The first kappa shape index (κ1) is 8.22. The minimum absolute atomic E-state index is 0.368. The standard InChI is InChI=1S/C7H5BrO3S/c8-6-5(7(9)10)3-1-11-2-4(3)12-6/h1-2H2,(H,9,10). The first-order valence-corrected chi connectivity index (χ1v) is 4.92. The van der Waals surface area contributed by atoms with Gasteiger partial charge in [0.25, 0.3) is 0 Å². The Bertz CT molecular complexity index is 345. The molecule has 5 heteroatoms. The molecular formula is C7H5BrO3S. The number of thiophene rings is 1. The fourth-order valence-electron chi connectivity index (χ4n) is 1.21. The molecule has 0 radical (unpaired) electrons. The van der Waals surface area contributed by atoms with Crippen molar-refractivity contribution >= 4 is 33.2 Å². The molecule has 0 saturated heterocycles. The molecule has 0 aromatic carbocycles. The van der Waals surface area contributed by atoms with Crippen LogP contribution in [0.1, 0.15) is 20.8 Å². The smallest absolute Gasteiger partial charge is 0.338 e. The van der Waals surface area contributed by atoms with Crippen molar-refractivity contribution in [2.24, 2.45) is 0 Å². The molecule has 0 amide bonds. The summed E-state index contributed by atoms with van der Waals surface area (Å²) in [6.45, 7) is 0.977. The Kier molecular flexibility index (Phi) is 1.94. The zero-order valence-corrected chi connectivity index (χ0v) is 8.37. The molecule has 1 aromatic rings. The fraction of sp³-hybridized carbons (Fsp3) is 0.286. The van der Waals surface area contributed by atoms with E-state index in [-0.39, 0.29) is 0 Å². The summed E-state index contributed by atoms with van der Waals surface area (Å²) in [6, 6.07) is 0. The number of carboxylic acids is 1. The van der Waals surface area contributed by atoms with Crippen molar-refractivity contribution < 1.29 is 14.6 Å². The summed E-state index contributed by atoms with van der Waals surface area (Å²) in [6.07, 6.45) is 0. The highest BCUT2D eigenvalue weighted by Gasteiger charge is 2.25. The van der Waals surface area contributed by atoms with Gasteiger partial charge in [0.2, 0.25) is 0 Å². The molecule has 2 heterocycles. The van der Waals surface area contributed by atoms with Crippen molar-refractivity contribution in [1.82, 2.24) is 0 Å². The van der Waals surface area contributed by atoms with E-state index in [1.54, 1.807) is 0 Å². The number of carboxylic acid groups (broad SMARTS) is 1. The zero-order chi connectivity index (χ0) is 8.72. The van der Waals surface area contributed by atoms with Crippen LogP contribution in [0.5, 0.6) is 0 Å². The maximum Gasteiger partial charge on any atom is 0.338 e. The number of ether oxygens (including phenoxy) is 1. The Balaban J connectivity index is 2.59. The van der Waals surface area contributed by atoms with Crippen LogP contribution in [0, 0.1) is 0 Å². The molecule has 1 aromatic heterocycles. The van der Waals surface area contributed by atoms with Crippen molar-refractivity contribution in [1.29, 1.82) is 0 Å². The second-order valence-corrected chi connectivity index (χ2v) is 4.87. The highest BCUT2D eigenvalue weighted by atomic mass is 79.9. The van der Waals surface area contributed by atoms with E-state index in [2.05, 4.69) is 15.9 Å². The Morgan fingerprint density at radius 2 is 2.33 bits per heavy atom. The molecule has 0 saturated carbocycles. The average Bonchev–Trinajstić information content (AvgIpc) is 2.44.